The lowest BCUT2D eigenvalue weighted by Gasteiger charge is -2.63. The van der Waals surface area contributed by atoms with Crippen LogP contribution in [0.25, 0.3) is 0 Å². The average Bonchev–Trinajstić information content (AvgIpc) is 2.85. The van der Waals surface area contributed by atoms with Gasteiger partial charge in [-0.3, -0.25) is 4.79 Å². The molecular formula is C28H36ClN5O3. The molecule has 9 heteroatoms. The largest absolute Gasteiger partial charge is 0.489 e. The first-order chi connectivity index (χ1) is 17.4. The predicted molar refractivity (Wildman–Crippen MR) is 143 cm³/mol. The van der Waals surface area contributed by atoms with Crippen molar-refractivity contribution in [3.8, 4) is 11.8 Å². The van der Waals surface area contributed by atoms with Crippen LogP contribution in [0, 0.1) is 28.1 Å². The fourth-order valence-electron chi connectivity index (χ4n) is 6.65. The number of carbonyl (C=O) groups excluding carboxylic acids is 1. The molecule has 1 aromatic heterocycles. The summed E-state index contributed by atoms with van der Waals surface area (Å²) in [6, 6.07) is 7.37. The zero-order valence-electron chi connectivity index (χ0n) is 22.3. The van der Waals surface area contributed by atoms with Crippen molar-refractivity contribution in [3.63, 3.8) is 0 Å². The lowest BCUT2D eigenvalue weighted by Crippen LogP contribution is -2.74. The highest BCUT2D eigenvalue weighted by Crippen LogP contribution is 2.55. The molecule has 198 valence electrons. The third-order valence-electron chi connectivity index (χ3n) is 8.12. The highest BCUT2D eigenvalue weighted by atomic mass is 35.5. The van der Waals surface area contributed by atoms with E-state index in [1.54, 1.807) is 30.6 Å². The normalized spacial score (nSPS) is 28.1. The number of nitrogens with one attached hydrogen (secondary N) is 1. The molecule has 2 heterocycles. The van der Waals surface area contributed by atoms with Crippen LogP contribution in [0.4, 0.5) is 5.95 Å². The predicted octanol–water partition coefficient (Wildman–Crippen LogP) is 4.60. The number of ether oxygens (including phenoxy) is 1. The summed E-state index contributed by atoms with van der Waals surface area (Å²) in [6.07, 6.45) is 4.76. The van der Waals surface area contributed by atoms with Gasteiger partial charge >= 0.3 is 0 Å². The molecule has 2 aromatic rings. The van der Waals surface area contributed by atoms with Crippen LogP contribution in [0.5, 0.6) is 5.75 Å². The smallest absolute Gasteiger partial charge is 0.254 e. The highest BCUT2D eigenvalue weighted by Gasteiger charge is 2.64. The number of aliphatic hydroxyl groups is 1. The SMILES string of the molecule is C[C@@H]1CC(CO)C[C@H](C)N1c1ncc(C(=O)NC2C(C)(C)C(Oc3ccc(C#N)c(Cl)c3)C2(C)C)cn1. The molecule has 1 aliphatic heterocycles. The van der Waals surface area contributed by atoms with Crippen molar-refractivity contribution in [2.24, 2.45) is 16.7 Å². The summed E-state index contributed by atoms with van der Waals surface area (Å²) < 4.78 is 6.31. The number of piperidine rings is 1. The third kappa shape index (κ3) is 4.99. The van der Waals surface area contributed by atoms with E-state index >= 15 is 0 Å². The molecule has 0 bridgehead atoms. The molecule has 0 radical (unpaired) electrons. The van der Waals surface area contributed by atoms with Crippen molar-refractivity contribution in [2.45, 2.75) is 78.6 Å². The number of halogens is 1. The van der Waals surface area contributed by atoms with E-state index in [4.69, 9.17) is 21.6 Å². The second-order valence-electron chi connectivity index (χ2n) is 11.7. The van der Waals surface area contributed by atoms with Crippen molar-refractivity contribution >= 4 is 23.5 Å². The number of nitrogens with zero attached hydrogens (tertiary/aromatic N) is 4. The van der Waals surface area contributed by atoms with Gasteiger partial charge in [0.15, 0.2) is 0 Å². The molecule has 4 rings (SSSR count). The molecule has 0 spiro atoms. The zero-order valence-corrected chi connectivity index (χ0v) is 23.1. The molecule has 2 N–H and O–H groups in total. The Kier molecular flexibility index (Phi) is 7.42. The summed E-state index contributed by atoms with van der Waals surface area (Å²) in [5.41, 5.74) is 0.0898. The number of hydrogen-bond acceptors (Lipinski definition) is 7. The Balaban J connectivity index is 1.43. The van der Waals surface area contributed by atoms with Crippen LogP contribution in [0.2, 0.25) is 5.02 Å². The van der Waals surface area contributed by atoms with Gasteiger partial charge in [0.1, 0.15) is 17.9 Å². The number of aromatic nitrogens is 2. The quantitative estimate of drug-likeness (QED) is 0.567. The maximum atomic E-state index is 13.2. The number of rotatable bonds is 6. The summed E-state index contributed by atoms with van der Waals surface area (Å²) in [4.78, 5) is 24.4. The van der Waals surface area contributed by atoms with Crippen LogP contribution < -0.4 is 15.0 Å². The number of hydrogen-bond donors (Lipinski definition) is 2. The van der Waals surface area contributed by atoms with Crippen molar-refractivity contribution in [3.05, 3.63) is 46.7 Å². The molecule has 1 aromatic carbocycles. The van der Waals surface area contributed by atoms with Gasteiger partial charge in [-0.15, -0.1) is 0 Å². The number of benzene rings is 1. The van der Waals surface area contributed by atoms with Gasteiger partial charge < -0.3 is 20.1 Å². The Bertz CT molecular complexity index is 1170. The van der Waals surface area contributed by atoms with Gasteiger partial charge in [-0.1, -0.05) is 39.3 Å². The molecule has 37 heavy (non-hydrogen) atoms. The minimum Gasteiger partial charge on any atom is -0.489 e. The molecule has 1 saturated heterocycles. The first-order valence-corrected chi connectivity index (χ1v) is 13.2. The third-order valence-corrected chi connectivity index (χ3v) is 8.43. The molecule has 2 aliphatic rings. The molecule has 1 saturated carbocycles. The van der Waals surface area contributed by atoms with E-state index < -0.39 is 0 Å². The minimum atomic E-state index is -0.359. The highest BCUT2D eigenvalue weighted by molar-refractivity contribution is 6.31. The van der Waals surface area contributed by atoms with Crippen LogP contribution in [-0.4, -0.2) is 51.8 Å². The van der Waals surface area contributed by atoms with Gasteiger partial charge in [-0.25, -0.2) is 9.97 Å². The van der Waals surface area contributed by atoms with Gasteiger partial charge in [-0.2, -0.15) is 5.26 Å². The molecule has 1 unspecified atom stereocenters. The van der Waals surface area contributed by atoms with Crippen LogP contribution in [-0.2, 0) is 0 Å². The van der Waals surface area contributed by atoms with Gasteiger partial charge in [0.05, 0.1) is 16.1 Å². The zero-order chi connectivity index (χ0) is 27.1. The Morgan fingerprint density at radius 1 is 1.19 bits per heavy atom. The van der Waals surface area contributed by atoms with Gasteiger partial charge in [0.2, 0.25) is 5.95 Å². The lowest BCUT2D eigenvalue weighted by atomic mass is 9.49. The summed E-state index contributed by atoms with van der Waals surface area (Å²) in [5, 5.41) is 22.2. The van der Waals surface area contributed by atoms with Crippen molar-refractivity contribution in [1.82, 2.24) is 15.3 Å². The second kappa shape index (κ2) is 10.1. The van der Waals surface area contributed by atoms with Crippen LogP contribution >= 0.6 is 11.6 Å². The van der Waals surface area contributed by atoms with E-state index in [2.05, 4.69) is 67.8 Å². The molecule has 8 nitrogen and oxygen atoms in total. The molecular weight excluding hydrogens is 490 g/mol. The Morgan fingerprint density at radius 2 is 1.78 bits per heavy atom. The van der Waals surface area contributed by atoms with E-state index in [1.165, 1.54) is 0 Å². The number of aliphatic hydroxyl groups excluding tert-OH is 1. The van der Waals surface area contributed by atoms with E-state index in [9.17, 15) is 9.90 Å². The number of carbonyl (C=O) groups is 1. The van der Waals surface area contributed by atoms with Crippen molar-refractivity contribution in [1.29, 1.82) is 5.26 Å². The second-order valence-corrected chi connectivity index (χ2v) is 12.1. The number of nitriles is 1. The number of anilines is 1. The van der Waals surface area contributed by atoms with E-state index in [0.717, 1.165) is 12.8 Å². The summed E-state index contributed by atoms with van der Waals surface area (Å²) in [5.74, 6) is 1.27. The number of amides is 1. The monoisotopic (exact) mass is 525 g/mol. The summed E-state index contributed by atoms with van der Waals surface area (Å²) in [7, 11) is 0. The Labute approximate surface area is 224 Å². The maximum absolute atomic E-state index is 13.2. The fourth-order valence-corrected chi connectivity index (χ4v) is 6.86. The van der Waals surface area contributed by atoms with E-state index in [1.807, 2.05) is 0 Å². The van der Waals surface area contributed by atoms with Gasteiger partial charge in [-0.05, 0) is 44.7 Å². The maximum Gasteiger partial charge on any atom is 0.254 e. The van der Waals surface area contributed by atoms with Gasteiger partial charge in [0, 0.05) is 54.0 Å². The topological polar surface area (TPSA) is 111 Å². The van der Waals surface area contributed by atoms with E-state index in [0.29, 0.717) is 33.8 Å². The minimum absolute atomic E-state index is 0.149. The fraction of sp³-hybridized carbons (Fsp3) is 0.571. The van der Waals surface area contributed by atoms with Crippen LogP contribution in [0.1, 0.15) is 70.3 Å². The first kappa shape index (κ1) is 27.2. The first-order valence-electron chi connectivity index (χ1n) is 12.8. The standard InChI is InChI=1S/C28H36ClN5O3/c1-16-9-18(15-35)10-17(2)34(16)26-31-13-20(14-32-26)23(36)33-24-27(3,4)25(28(24,5)6)37-21-8-7-19(12-30)22(29)11-21/h7-8,11,13-14,16-18,24-25,35H,9-10,15H2,1-6H3,(H,33,36)/t16-,17+,18?,24?,25?. The molecule has 1 amide bonds. The molecule has 1 aliphatic carbocycles. The van der Waals surface area contributed by atoms with Gasteiger partial charge in [0.25, 0.3) is 5.91 Å². The van der Waals surface area contributed by atoms with Crippen molar-refractivity contribution in [2.75, 3.05) is 11.5 Å². The van der Waals surface area contributed by atoms with Crippen LogP contribution in [0.15, 0.2) is 30.6 Å². The lowest BCUT2D eigenvalue weighted by molar-refractivity contribution is -0.164. The summed E-state index contributed by atoms with van der Waals surface area (Å²) >= 11 is 6.19. The van der Waals surface area contributed by atoms with E-state index in [-0.39, 0.29) is 47.6 Å². The Hall–Kier alpha value is -2.89. The molecule has 3 atom stereocenters. The average molecular weight is 526 g/mol. The Morgan fingerprint density at radius 3 is 2.30 bits per heavy atom. The molecule has 2 fully saturated rings. The van der Waals surface area contributed by atoms with Crippen molar-refractivity contribution < 1.29 is 14.6 Å². The van der Waals surface area contributed by atoms with Crippen LogP contribution in [0.3, 0.4) is 0 Å². The summed E-state index contributed by atoms with van der Waals surface area (Å²) in [6.45, 7) is 12.7.